The highest BCUT2D eigenvalue weighted by Gasteiger charge is 2.47. The van der Waals surface area contributed by atoms with Crippen molar-refractivity contribution in [2.75, 3.05) is 19.8 Å². The number of fused-ring (bicyclic) bond motifs is 1. The molecule has 4 atom stereocenters. The minimum absolute atomic E-state index is 0.0121. The predicted octanol–water partition coefficient (Wildman–Crippen LogP) is 1.28. The van der Waals surface area contributed by atoms with Crippen LogP contribution < -0.4 is 5.32 Å². The van der Waals surface area contributed by atoms with Gasteiger partial charge in [-0.3, -0.25) is 4.90 Å². The molecule has 20 heavy (non-hydrogen) atoms. The summed E-state index contributed by atoms with van der Waals surface area (Å²) in [5, 5.41) is 13.6. The van der Waals surface area contributed by atoms with Gasteiger partial charge in [0.05, 0.1) is 19.3 Å². The monoisotopic (exact) mass is 280 g/mol. The average Bonchev–Trinajstić information content (AvgIpc) is 3.00. The molecule has 4 nitrogen and oxygen atoms in total. The van der Waals surface area contributed by atoms with E-state index in [2.05, 4.69) is 10.2 Å². The van der Waals surface area contributed by atoms with E-state index in [1.54, 1.807) is 0 Å². The summed E-state index contributed by atoms with van der Waals surface area (Å²) in [5.74, 6) is 0. The summed E-state index contributed by atoms with van der Waals surface area (Å²) in [7, 11) is 0. The number of aliphatic hydroxyl groups excluding tert-OH is 1. The zero-order valence-electron chi connectivity index (χ0n) is 12.4. The van der Waals surface area contributed by atoms with E-state index in [4.69, 9.17) is 4.74 Å². The Bertz CT molecular complexity index is 360. The molecule has 0 aromatic heterocycles. The van der Waals surface area contributed by atoms with E-state index in [1.807, 2.05) is 0 Å². The van der Waals surface area contributed by atoms with Crippen molar-refractivity contribution < 1.29 is 9.84 Å². The van der Waals surface area contributed by atoms with Crippen LogP contribution >= 0.6 is 0 Å². The van der Waals surface area contributed by atoms with Crippen LogP contribution in [0.25, 0.3) is 0 Å². The molecule has 4 unspecified atom stereocenters. The minimum atomic E-state index is 0.0121. The molecular weight excluding hydrogens is 252 g/mol. The predicted molar refractivity (Wildman–Crippen MR) is 77.7 cm³/mol. The molecule has 4 fully saturated rings. The number of nitrogens with zero attached hydrogens (tertiary/aromatic N) is 1. The van der Waals surface area contributed by atoms with Gasteiger partial charge in [0.15, 0.2) is 0 Å². The molecule has 1 saturated heterocycles. The fourth-order valence-electron chi connectivity index (χ4n) is 4.77. The summed E-state index contributed by atoms with van der Waals surface area (Å²) in [6.07, 6.45) is 10.5. The van der Waals surface area contributed by atoms with Crippen LogP contribution in [0, 0.1) is 0 Å². The maximum atomic E-state index is 9.89. The molecule has 0 aromatic rings. The highest BCUT2D eigenvalue weighted by atomic mass is 16.5. The van der Waals surface area contributed by atoms with Crippen molar-refractivity contribution in [3.05, 3.63) is 0 Å². The Morgan fingerprint density at radius 3 is 2.90 bits per heavy atom. The number of hydrogen-bond donors (Lipinski definition) is 2. The Kier molecular flexibility index (Phi) is 3.53. The third kappa shape index (κ3) is 2.41. The summed E-state index contributed by atoms with van der Waals surface area (Å²) in [6, 6.07) is 2.00. The summed E-state index contributed by atoms with van der Waals surface area (Å²) >= 11 is 0. The number of aliphatic hydroxyl groups is 1. The molecule has 4 rings (SSSR count). The van der Waals surface area contributed by atoms with Gasteiger partial charge in [0.2, 0.25) is 0 Å². The van der Waals surface area contributed by atoms with Crippen LogP contribution in [0.5, 0.6) is 0 Å². The van der Waals surface area contributed by atoms with E-state index < -0.39 is 0 Å². The number of morpholine rings is 1. The van der Waals surface area contributed by atoms with Crippen LogP contribution in [0.15, 0.2) is 0 Å². The smallest absolute Gasteiger partial charge is 0.0731 e. The second-order valence-corrected chi connectivity index (χ2v) is 7.40. The van der Waals surface area contributed by atoms with Crippen molar-refractivity contribution in [2.24, 2.45) is 0 Å². The Balaban J connectivity index is 1.43. The molecule has 0 bridgehead atoms. The Morgan fingerprint density at radius 2 is 2.10 bits per heavy atom. The van der Waals surface area contributed by atoms with Gasteiger partial charge in [-0.25, -0.2) is 0 Å². The van der Waals surface area contributed by atoms with Crippen molar-refractivity contribution in [1.82, 2.24) is 10.2 Å². The van der Waals surface area contributed by atoms with E-state index in [9.17, 15) is 5.11 Å². The van der Waals surface area contributed by atoms with Gasteiger partial charge in [0.25, 0.3) is 0 Å². The SMILES string of the molecule is OCC1(NC2CC2)CCC(N2CCOC3CCCC32)C1. The van der Waals surface area contributed by atoms with E-state index in [-0.39, 0.29) is 5.54 Å². The number of ether oxygens (including phenoxy) is 1. The first-order chi connectivity index (χ1) is 9.80. The van der Waals surface area contributed by atoms with Crippen molar-refractivity contribution in [1.29, 1.82) is 0 Å². The largest absolute Gasteiger partial charge is 0.394 e. The highest BCUT2D eigenvalue weighted by molar-refractivity contribution is 5.05. The first kappa shape index (κ1) is 13.5. The zero-order valence-corrected chi connectivity index (χ0v) is 12.4. The van der Waals surface area contributed by atoms with Crippen molar-refractivity contribution >= 4 is 0 Å². The molecule has 3 aliphatic carbocycles. The van der Waals surface area contributed by atoms with Gasteiger partial charge in [-0.15, -0.1) is 0 Å². The van der Waals surface area contributed by atoms with Gasteiger partial charge >= 0.3 is 0 Å². The van der Waals surface area contributed by atoms with Crippen LogP contribution in [0.2, 0.25) is 0 Å². The highest BCUT2D eigenvalue weighted by Crippen LogP contribution is 2.40. The summed E-state index contributed by atoms with van der Waals surface area (Å²) in [6.45, 7) is 2.30. The molecule has 4 aliphatic rings. The lowest BCUT2D eigenvalue weighted by molar-refractivity contribution is -0.0719. The van der Waals surface area contributed by atoms with Crippen molar-refractivity contribution in [3.63, 3.8) is 0 Å². The zero-order chi connectivity index (χ0) is 13.6. The Hall–Kier alpha value is -0.160. The first-order valence-electron chi connectivity index (χ1n) is 8.56. The lowest BCUT2D eigenvalue weighted by Gasteiger charge is -2.42. The minimum Gasteiger partial charge on any atom is -0.394 e. The lowest BCUT2D eigenvalue weighted by atomic mass is 9.97. The molecule has 0 aromatic carbocycles. The molecule has 1 aliphatic heterocycles. The molecule has 114 valence electrons. The van der Waals surface area contributed by atoms with Crippen LogP contribution in [0.3, 0.4) is 0 Å². The Morgan fingerprint density at radius 1 is 1.20 bits per heavy atom. The quantitative estimate of drug-likeness (QED) is 0.814. The molecule has 0 spiro atoms. The van der Waals surface area contributed by atoms with Crippen LogP contribution in [0.1, 0.15) is 51.4 Å². The van der Waals surface area contributed by atoms with Gasteiger partial charge < -0.3 is 15.2 Å². The average molecular weight is 280 g/mol. The number of nitrogens with one attached hydrogen (secondary N) is 1. The third-order valence-electron chi connectivity index (χ3n) is 5.97. The molecule has 2 N–H and O–H groups in total. The van der Waals surface area contributed by atoms with Gasteiger partial charge in [0, 0.05) is 30.2 Å². The molecule has 3 saturated carbocycles. The fourth-order valence-corrected chi connectivity index (χ4v) is 4.77. The van der Waals surface area contributed by atoms with Gasteiger partial charge in [-0.1, -0.05) is 0 Å². The molecule has 4 heteroatoms. The summed E-state index contributed by atoms with van der Waals surface area (Å²) < 4.78 is 5.94. The number of hydrogen-bond acceptors (Lipinski definition) is 4. The van der Waals surface area contributed by atoms with Crippen molar-refractivity contribution in [3.8, 4) is 0 Å². The van der Waals surface area contributed by atoms with Crippen LogP contribution in [-0.2, 0) is 4.74 Å². The standard InChI is InChI=1S/C16H28N2O2/c19-11-16(17-12-4-5-12)7-6-13(10-16)18-8-9-20-15-3-1-2-14(15)18/h12-15,17,19H,1-11H2. The molecule has 1 heterocycles. The maximum Gasteiger partial charge on any atom is 0.0731 e. The normalized spacial score (nSPS) is 45.8. The van der Waals surface area contributed by atoms with Crippen molar-refractivity contribution in [2.45, 2.75) is 81.1 Å². The third-order valence-corrected chi connectivity index (χ3v) is 5.97. The van der Waals surface area contributed by atoms with Crippen LogP contribution in [-0.4, -0.2) is 59.5 Å². The molecular formula is C16H28N2O2. The van der Waals surface area contributed by atoms with Gasteiger partial charge in [-0.2, -0.15) is 0 Å². The van der Waals surface area contributed by atoms with Crippen LogP contribution in [0.4, 0.5) is 0 Å². The van der Waals surface area contributed by atoms with E-state index in [0.29, 0.717) is 30.8 Å². The second kappa shape index (κ2) is 5.24. The summed E-state index contributed by atoms with van der Waals surface area (Å²) in [5.41, 5.74) is 0.0121. The fraction of sp³-hybridized carbons (Fsp3) is 1.00. The second-order valence-electron chi connectivity index (χ2n) is 7.40. The van der Waals surface area contributed by atoms with Gasteiger partial charge in [0.1, 0.15) is 0 Å². The molecule has 0 radical (unpaired) electrons. The topological polar surface area (TPSA) is 44.7 Å². The van der Waals surface area contributed by atoms with E-state index in [0.717, 1.165) is 26.0 Å². The number of rotatable bonds is 4. The maximum absolute atomic E-state index is 9.89. The van der Waals surface area contributed by atoms with E-state index in [1.165, 1.54) is 38.5 Å². The molecule has 0 amide bonds. The van der Waals surface area contributed by atoms with Gasteiger partial charge in [-0.05, 0) is 51.4 Å². The lowest BCUT2D eigenvalue weighted by Crippen LogP contribution is -2.54. The summed E-state index contributed by atoms with van der Waals surface area (Å²) in [4.78, 5) is 2.73. The Labute approximate surface area is 121 Å². The van der Waals surface area contributed by atoms with E-state index >= 15 is 0 Å². The first-order valence-corrected chi connectivity index (χ1v) is 8.56.